The summed E-state index contributed by atoms with van der Waals surface area (Å²) in [4.78, 5) is 23.2. The molecule has 0 aliphatic heterocycles. The number of halogens is 2. The second kappa shape index (κ2) is 8.45. The molecule has 2 N–H and O–H groups in total. The average Bonchev–Trinajstić information content (AvgIpc) is 2.45. The number of alkyl halides is 2. The maximum atomic E-state index is 12.4. The Kier molecular flexibility index (Phi) is 6.93. The van der Waals surface area contributed by atoms with Crippen LogP contribution < -0.4 is 10.6 Å². The van der Waals surface area contributed by atoms with E-state index in [0.717, 1.165) is 0 Å². The lowest BCUT2D eigenvalue weighted by Gasteiger charge is -2.19. The van der Waals surface area contributed by atoms with Crippen molar-refractivity contribution in [3.05, 3.63) is 35.4 Å². The number of carbonyl (C=O) groups is 2. The fraction of sp³-hybridized carbons (Fsp3) is 0.500. The van der Waals surface area contributed by atoms with Crippen molar-refractivity contribution >= 4 is 12.0 Å². The molecule has 1 aromatic rings. The Balaban J connectivity index is 2.25. The monoisotopic (exact) mass is 328 g/mol. The highest BCUT2D eigenvalue weighted by atomic mass is 19.3. The summed E-state index contributed by atoms with van der Waals surface area (Å²) in [6, 6.07) is 5.17. The zero-order chi connectivity index (χ0) is 17.5. The SMILES string of the molecule is CC(C)(C)OC(=O)NCCCNC(=O)c1ccc(C(F)F)cc1. The van der Waals surface area contributed by atoms with Crippen LogP contribution in [0.2, 0.25) is 0 Å². The third-order valence-electron chi connectivity index (χ3n) is 2.73. The number of ether oxygens (including phenoxy) is 1. The molecule has 2 amide bonds. The van der Waals surface area contributed by atoms with Crippen molar-refractivity contribution in [1.82, 2.24) is 10.6 Å². The molecule has 7 heteroatoms. The first-order valence-electron chi connectivity index (χ1n) is 7.32. The zero-order valence-electron chi connectivity index (χ0n) is 13.5. The van der Waals surface area contributed by atoms with Crippen LogP contribution in [0, 0.1) is 0 Å². The number of hydrogen-bond acceptors (Lipinski definition) is 3. The molecule has 0 saturated carbocycles. The van der Waals surface area contributed by atoms with Crippen LogP contribution in [0.15, 0.2) is 24.3 Å². The molecule has 0 saturated heterocycles. The molecule has 0 aromatic heterocycles. The van der Waals surface area contributed by atoms with Gasteiger partial charge in [-0.2, -0.15) is 0 Å². The first-order valence-corrected chi connectivity index (χ1v) is 7.32. The summed E-state index contributed by atoms with van der Waals surface area (Å²) in [5, 5.41) is 5.23. The number of rotatable bonds is 6. The van der Waals surface area contributed by atoms with Crippen molar-refractivity contribution in [1.29, 1.82) is 0 Å². The molecule has 5 nitrogen and oxygen atoms in total. The first kappa shape index (κ1) is 18.9. The topological polar surface area (TPSA) is 67.4 Å². The number of hydrogen-bond donors (Lipinski definition) is 2. The van der Waals surface area contributed by atoms with Crippen molar-refractivity contribution in [3.63, 3.8) is 0 Å². The number of nitrogens with one attached hydrogen (secondary N) is 2. The predicted octanol–water partition coefficient (Wildman–Crippen LogP) is 3.27. The van der Waals surface area contributed by atoms with Gasteiger partial charge in [-0.15, -0.1) is 0 Å². The van der Waals surface area contributed by atoms with Crippen LogP contribution in [0.25, 0.3) is 0 Å². The molecule has 1 rings (SSSR count). The highest BCUT2D eigenvalue weighted by Crippen LogP contribution is 2.18. The molecule has 0 spiro atoms. The average molecular weight is 328 g/mol. The van der Waals surface area contributed by atoms with Crippen LogP contribution in [0.4, 0.5) is 13.6 Å². The molecule has 0 aliphatic rings. The molecule has 0 atom stereocenters. The fourth-order valence-electron chi connectivity index (χ4n) is 1.68. The third-order valence-corrected chi connectivity index (χ3v) is 2.73. The van der Waals surface area contributed by atoms with E-state index in [-0.39, 0.29) is 11.5 Å². The number of amides is 2. The standard InChI is InChI=1S/C16H22F2N2O3/c1-16(2,3)23-15(22)20-10-4-9-19-14(21)12-7-5-11(6-8-12)13(17)18/h5-8,13H,4,9-10H2,1-3H3,(H,19,21)(H,20,22). The van der Waals surface area contributed by atoms with Gasteiger partial charge in [0.2, 0.25) is 0 Å². The second-order valence-electron chi connectivity index (χ2n) is 5.96. The smallest absolute Gasteiger partial charge is 0.407 e. The Hall–Kier alpha value is -2.18. The van der Waals surface area contributed by atoms with E-state index in [1.165, 1.54) is 24.3 Å². The number of carbonyl (C=O) groups excluding carboxylic acids is 2. The molecule has 0 unspecified atom stereocenters. The highest BCUT2D eigenvalue weighted by molar-refractivity contribution is 5.94. The van der Waals surface area contributed by atoms with Gasteiger partial charge in [-0.1, -0.05) is 12.1 Å². The summed E-state index contributed by atoms with van der Waals surface area (Å²) < 4.78 is 29.9. The van der Waals surface area contributed by atoms with Gasteiger partial charge in [0.25, 0.3) is 12.3 Å². The summed E-state index contributed by atoms with van der Waals surface area (Å²) in [6.07, 6.45) is -2.53. The van der Waals surface area contributed by atoms with Gasteiger partial charge in [-0.25, -0.2) is 13.6 Å². The van der Waals surface area contributed by atoms with Crippen LogP contribution in [-0.2, 0) is 4.74 Å². The molecule has 0 radical (unpaired) electrons. The van der Waals surface area contributed by atoms with E-state index in [1.54, 1.807) is 20.8 Å². The molecule has 23 heavy (non-hydrogen) atoms. The lowest BCUT2D eigenvalue weighted by molar-refractivity contribution is 0.0527. The zero-order valence-corrected chi connectivity index (χ0v) is 13.5. The van der Waals surface area contributed by atoms with E-state index >= 15 is 0 Å². The normalized spacial score (nSPS) is 11.2. The fourth-order valence-corrected chi connectivity index (χ4v) is 1.68. The molecule has 0 fully saturated rings. The van der Waals surface area contributed by atoms with Crippen LogP contribution in [0.1, 0.15) is 49.5 Å². The Labute approximate surface area is 134 Å². The maximum Gasteiger partial charge on any atom is 0.407 e. The van der Waals surface area contributed by atoms with E-state index in [4.69, 9.17) is 4.74 Å². The maximum absolute atomic E-state index is 12.4. The lowest BCUT2D eigenvalue weighted by atomic mass is 10.1. The molecule has 0 bridgehead atoms. The van der Waals surface area contributed by atoms with E-state index in [9.17, 15) is 18.4 Å². The van der Waals surface area contributed by atoms with Gasteiger partial charge in [0.05, 0.1) is 0 Å². The second-order valence-corrected chi connectivity index (χ2v) is 5.96. The van der Waals surface area contributed by atoms with Crippen LogP contribution >= 0.6 is 0 Å². The quantitative estimate of drug-likeness (QED) is 0.788. The van der Waals surface area contributed by atoms with Gasteiger partial charge in [0.15, 0.2) is 0 Å². The molecular weight excluding hydrogens is 306 g/mol. The Bertz CT molecular complexity index is 525. The van der Waals surface area contributed by atoms with Crippen molar-refractivity contribution in [2.75, 3.05) is 13.1 Å². The van der Waals surface area contributed by atoms with Crippen molar-refractivity contribution in [2.24, 2.45) is 0 Å². The molecule has 1 aromatic carbocycles. The first-order chi connectivity index (χ1) is 10.7. The van der Waals surface area contributed by atoms with Crippen LogP contribution in [-0.4, -0.2) is 30.7 Å². The molecular formula is C16H22F2N2O3. The van der Waals surface area contributed by atoms with Crippen LogP contribution in [0.3, 0.4) is 0 Å². The van der Waals surface area contributed by atoms with Gasteiger partial charge in [-0.05, 0) is 39.3 Å². The third kappa shape index (κ3) is 7.58. The summed E-state index contributed by atoms with van der Waals surface area (Å²) in [7, 11) is 0. The molecule has 0 heterocycles. The number of benzene rings is 1. The van der Waals surface area contributed by atoms with Crippen molar-refractivity contribution in [2.45, 2.75) is 39.2 Å². The van der Waals surface area contributed by atoms with Gasteiger partial charge in [-0.3, -0.25) is 4.79 Å². The summed E-state index contributed by atoms with van der Waals surface area (Å²) in [5.74, 6) is -0.344. The van der Waals surface area contributed by atoms with Gasteiger partial charge in [0, 0.05) is 24.2 Å². The van der Waals surface area contributed by atoms with E-state index in [1.807, 2.05) is 0 Å². The Morgan fingerprint density at radius 2 is 1.65 bits per heavy atom. The van der Waals surface area contributed by atoms with Crippen molar-refractivity contribution in [3.8, 4) is 0 Å². The Morgan fingerprint density at radius 3 is 2.17 bits per heavy atom. The number of alkyl carbamates (subject to hydrolysis) is 1. The Morgan fingerprint density at radius 1 is 1.09 bits per heavy atom. The van der Waals surface area contributed by atoms with Crippen molar-refractivity contribution < 1.29 is 23.1 Å². The summed E-state index contributed by atoms with van der Waals surface area (Å²) >= 11 is 0. The predicted molar refractivity (Wildman–Crippen MR) is 82.6 cm³/mol. The van der Waals surface area contributed by atoms with E-state index in [0.29, 0.717) is 25.1 Å². The van der Waals surface area contributed by atoms with E-state index < -0.39 is 18.1 Å². The summed E-state index contributed by atoms with van der Waals surface area (Å²) in [6.45, 7) is 6.02. The highest BCUT2D eigenvalue weighted by Gasteiger charge is 2.15. The minimum Gasteiger partial charge on any atom is -0.444 e. The van der Waals surface area contributed by atoms with E-state index in [2.05, 4.69) is 10.6 Å². The molecule has 0 aliphatic carbocycles. The van der Waals surface area contributed by atoms with Gasteiger partial charge >= 0.3 is 6.09 Å². The van der Waals surface area contributed by atoms with Gasteiger partial charge < -0.3 is 15.4 Å². The summed E-state index contributed by atoms with van der Waals surface area (Å²) in [5.41, 5.74) is -0.361. The van der Waals surface area contributed by atoms with Crippen LogP contribution in [0.5, 0.6) is 0 Å². The minimum atomic E-state index is -2.55. The lowest BCUT2D eigenvalue weighted by Crippen LogP contribution is -2.34. The minimum absolute atomic E-state index is 0.122. The van der Waals surface area contributed by atoms with Gasteiger partial charge in [0.1, 0.15) is 5.60 Å². The largest absolute Gasteiger partial charge is 0.444 e. The molecule has 128 valence electrons.